The van der Waals surface area contributed by atoms with E-state index in [2.05, 4.69) is 10.1 Å². The van der Waals surface area contributed by atoms with Crippen LogP contribution >= 0.6 is 0 Å². The zero-order valence-electron chi connectivity index (χ0n) is 12.4. The molecule has 1 aliphatic carbocycles. The number of rotatable bonds is 3. The maximum absolute atomic E-state index is 9.05. The minimum atomic E-state index is 0.131. The van der Waals surface area contributed by atoms with E-state index in [-0.39, 0.29) is 11.9 Å². The highest BCUT2D eigenvalue weighted by atomic mass is 16.5. The Hall–Kier alpha value is -1.82. The highest BCUT2D eigenvalue weighted by molar-refractivity contribution is 6.01. The molecule has 1 fully saturated rings. The van der Waals surface area contributed by atoms with Crippen molar-refractivity contribution in [3.63, 3.8) is 0 Å². The zero-order valence-corrected chi connectivity index (χ0v) is 12.4. The predicted octanol–water partition coefficient (Wildman–Crippen LogP) is 1.28. The number of piperidine rings is 1. The molecule has 6 nitrogen and oxygen atoms in total. The quantitative estimate of drug-likeness (QED) is 0.379. The van der Waals surface area contributed by atoms with Gasteiger partial charge < -0.3 is 20.6 Å². The normalized spacial score (nSPS) is 22.4. The first kappa shape index (κ1) is 14.1. The number of amidine groups is 1. The van der Waals surface area contributed by atoms with Gasteiger partial charge in [-0.15, -0.1) is 0 Å². The van der Waals surface area contributed by atoms with Gasteiger partial charge in [0.2, 0.25) is 0 Å². The Bertz CT molecular complexity index is 559. The number of fused-ring (bicyclic) bond motifs is 1. The molecule has 1 aliphatic heterocycles. The van der Waals surface area contributed by atoms with Gasteiger partial charge in [-0.2, -0.15) is 0 Å². The molecule has 1 unspecified atom stereocenters. The van der Waals surface area contributed by atoms with Crippen LogP contribution in [0.5, 0.6) is 0 Å². The van der Waals surface area contributed by atoms with Crippen molar-refractivity contribution in [2.75, 3.05) is 25.1 Å². The Kier molecular flexibility index (Phi) is 3.96. The zero-order chi connectivity index (χ0) is 14.8. The second-order valence-corrected chi connectivity index (χ2v) is 5.75. The van der Waals surface area contributed by atoms with Gasteiger partial charge in [-0.25, -0.2) is 4.98 Å². The van der Waals surface area contributed by atoms with Crippen LogP contribution < -0.4 is 10.6 Å². The molecule has 3 rings (SSSR count). The van der Waals surface area contributed by atoms with Crippen LogP contribution in [0.15, 0.2) is 11.2 Å². The summed E-state index contributed by atoms with van der Waals surface area (Å²) in [5.74, 6) is 0.958. The Morgan fingerprint density at radius 2 is 2.33 bits per heavy atom. The van der Waals surface area contributed by atoms with Crippen molar-refractivity contribution in [3.8, 4) is 0 Å². The maximum atomic E-state index is 9.05. The molecule has 1 aromatic rings. The number of aromatic nitrogens is 1. The van der Waals surface area contributed by atoms with Crippen LogP contribution in [-0.4, -0.2) is 42.3 Å². The number of oxime groups is 1. The fourth-order valence-corrected chi connectivity index (χ4v) is 3.27. The molecular weight excluding hydrogens is 268 g/mol. The number of ether oxygens (including phenoxy) is 1. The summed E-state index contributed by atoms with van der Waals surface area (Å²) in [5, 5.41) is 12.2. The molecule has 0 radical (unpaired) electrons. The summed E-state index contributed by atoms with van der Waals surface area (Å²) in [4.78, 5) is 7.01. The van der Waals surface area contributed by atoms with Crippen molar-refractivity contribution in [2.45, 2.75) is 38.2 Å². The van der Waals surface area contributed by atoms with Gasteiger partial charge >= 0.3 is 0 Å². The summed E-state index contributed by atoms with van der Waals surface area (Å²) in [5.41, 5.74) is 8.97. The van der Waals surface area contributed by atoms with Gasteiger partial charge in [0.05, 0.1) is 11.7 Å². The predicted molar refractivity (Wildman–Crippen MR) is 81.0 cm³/mol. The van der Waals surface area contributed by atoms with E-state index in [9.17, 15) is 0 Å². The van der Waals surface area contributed by atoms with Crippen LogP contribution in [0.3, 0.4) is 0 Å². The Morgan fingerprint density at radius 3 is 3.10 bits per heavy atom. The summed E-state index contributed by atoms with van der Waals surface area (Å²) >= 11 is 0. The number of anilines is 1. The number of aryl methyl sites for hydroxylation is 2. The van der Waals surface area contributed by atoms with E-state index < -0.39 is 0 Å². The molecule has 0 spiro atoms. The van der Waals surface area contributed by atoms with E-state index in [0.717, 1.165) is 62.3 Å². The number of nitrogens with two attached hydrogens (primary N) is 1. The average molecular weight is 290 g/mol. The summed E-state index contributed by atoms with van der Waals surface area (Å²) in [7, 11) is 1.74. The number of nitrogens with zero attached hydrogens (tertiary/aromatic N) is 3. The van der Waals surface area contributed by atoms with Crippen molar-refractivity contribution in [1.29, 1.82) is 0 Å². The summed E-state index contributed by atoms with van der Waals surface area (Å²) in [6, 6.07) is 2.04. The van der Waals surface area contributed by atoms with Crippen LogP contribution in [0.1, 0.15) is 36.1 Å². The molecule has 1 aromatic heterocycles. The van der Waals surface area contributed by atoms with E-state index >= 15 is 0 Å². The van der Waals surface area contributed by atoms with Gasteiger partial charge in [0.25, 0.3) is 0 Å². The maximum Gasteiger partial charge on any atom is 0.173 e. The number of hydrogen-bond donors (Lipinski definition) is 2. The van der Waals surface area contributed by atoms with Crippen LogP contribution in [0.25, 0.3) is 0 Å². The minimum absolute atomic E-state index is 0.131. The van der Waals surface area contributed by atoms with Crippen molar-refractivity contribution < 1.29 is 9.94 Å². The van der Waals surface area contributed by atoms with Crippen molar-refractivity contribution in [1.82, 2.24) is 4.98 Å². The second-order valence-electron chi connectivity index (χ2n) is 5.75. The third-order valence-electron chi connectivity index (χ3n) is 4.43. The highest BCUT2D eigenvalue weighted by Gasteiger charge is 2.26. The Labute approximate surface area is 124 Å². The summed E-state index contributed by atoms with van der Waals surface area (Å²) in [6.07, 6.45) is 5.51. The first-order valence-electron chi connectivity index (χ1n) is 7.51. The topological polar surface area (TPSA) is 84.0 Å². The van der Waals surface area contributed by atoms with Gasteiger partial charge in [-0.1, -0.05) is 5.16 Å². The lowest BCUT2D eigenvalue weighted by molar-refractivity contribution is 0.0891. The molecule has 114 valence electrons. The third-order valence-corrected chi connectivity index (χ3v) is 4.43. The third kappa shape index (κ3) is 2.68. The van der Waals surface area contributed by atoms with Crippen LogP contribution in [0.2, 0.25) is 0 Å². The molecule has 3 N–H and O–H groups in total. The smallest absolute Gasteiger partial charge is 0.173 e. The average Bonchev–Trinajstić information content (AvgIpc) is 3.00. The van der Waals surface area contributed by atoms with Gasteiger partial charge in [0, 0.05) is 25.9 Å². The van der Waals surface area contributed by atoms with Crippen LogP contribution in [-0.2, 0) is 17.6 Å². The number of methoxy groups -OCH3 is 1. The number of pyridine rings is 1. The lowest BCUT2D eigenvalue weighted by Gasteiger charge is -2.34. The van der Waals surface area contributed by atoms with E-state index in [0.29, 0.717) is 0 Å². The van der Waals surface area contributed by atoms with E-state index in [4.69, 9.17) is 20.7 Å². The van der Waals surface area contributed by atoms with E-state index in [1.165, 1.54) is 5.56 Å². The Morgan fingerprint density at radius 1 is 1.48 bits per heavy atom. The van der Waals surface area contributed by atoms with Crippen molar-refractivity contribution in [2.24, 2.45) is 10.9 Å². The van der Waals surface area contributed by atoms with Gasteiger partial charge in [0.15, 0.2) is 5.84 Å². The molecule has 0 aromatic carbocycles. The SMILES string of the molecule is COC1CCCN(c2nc3c(cc2C(N)=NO)CCC3)C1. The molecule has 0 saturated carbocycles. The molecule has 2 heterocycles. The van der Waals surface area contributed by atoms with E-state index in [1.807, 2.05) is 6.07 Å². The summed E-state index contributed by atoms with van der Waals surface area (Å²) in [6.45, 7) is 1.73. The van der Waals surface area contributed by atoms with Crippen LogP contribution in [0, 0.1) is 0 Å². The molecular formula is C15H22N4O2. The van der Waals surface area contributed by atoms with Crippen molar-refractivity contribution in [3.05, 3.63) is 22.9 Å². The minimum Gasteiger partial charge on any atom is -0.409 e. The highest BCUT2D eigenvalue weighted by Crippen LogP contribution is 2.29. The second kappa shape index (κ2) is 5.89. The number of hydrogen-bond acceptors (Lipinski definition) is 5. The van der Waals surface area contributed by atoms with Crippen molar-refractivity contribution >= 4 is 11.7 Å². The molecule has 0 bridgehead atoms. The molecule has 2 aliphatic rings. The first-order chi connectivity index (χ1) is 10.2. The fourth-order valence-electron chi connectivity index (χ4n) is 3.27. The molecule has 21 heavy (non-hydrogen) atoms. The lowest BCUT2D eigenvalue weighted by Crippen LogP contribution is -2.41. The Balaban J connectivity index is 1.99. The first-order valence-corrected chi connectivity index (χ1v) is 7.51. The van der Waals surface area contributed by atoms with Gasteiger partial charge in [-0.3, -0.25) is 0 Å². The van der Waals surface area contributed by atoms with Gasteiger partial charge in [-0.05, 0) is 43.7 Å². The molecule has 1 saturated heterocycles. The monoisotopic (exact) mass is 290 g/mol. The molecule has 6 heteroatoms. The fraction of sp³-hybridized carbons (Fsp3) is 0.600. The molecule has 1 atom stereocenters. The standard InChI is InChI=1S/C15H22N4O2/c1-21-11-5-3-7-19(9-11)15-12(14(16)18-20)8-10-4-2-6-13(10)17-15/h8,11,20H,2-7,9H2,1H3,(H2,16,18). The van der Waals surface area contributed by atoms with Gasteiger partial charge in [0.1, 0.15) is 5.82 Å². The van der Waals surface area contributed by atoms with Crippen LogP contribution in [0.4, 0.5) is 5.82 Å². The lowest BCUT2D eigenvalue weighted by atomic mass is 10.1. The molecule has 0 amide bonds. The van der Waals surface area contributed by atoms with E-state index in [1.54, 1.807) is 7.11 Å². The summed E-state index contributed by atoms with van der Waals surface area (Å²) < 4.78 is 5.48. The largest absolute Gasteiger partial charge is 0.409 e.